The van der Waals surface area contributed by atoms with Crippen LogP contribution < -0.4 is 10.5 Å². The highest BCUT2D eigenvalue weighted by Gasteiger charge is 2.14. The summed E-state index contributed by atoms with van der Waals surface area (Å²) in [5, 5.41) is 11.4. The summed E-state index contributed by atoms with van der Waals surface area (Å²) in [4.78, 5) is 12.1. The number of amides is 1. The van der Waals surface area contributed by atoms with E-state index < -0.39 is 10.0 Å². The summed E-state index contributed by atoms with van der Waals surface area (Å²) in [6.45, 7) is 3.49. The molecule has 1 heterocycles. The fourth-order valence-electron chi connectivity index (χ4n) is 1.78. The predicted octanol–water partition coefficient (Wildman–Crippen LogP) is 2.26. The summed E-state index contributed by atoms with van der Waals surface area (Å²) in [7, 11) is -3.80. The van der Waals surface area contributed by atoms with Crippen molar-refractivity contribution in [3.63, 3.8) is 0 Å². The molecule has 0 unspecified atom stereocenters. The Kier molecular flexibility index (Phi) is 3.94. The van der Waals surface area contributed by atoms with Gasteiger partial charge in [0.15, 0.2) is 0 Å². The monoisotopic (exact) mass is 310 g/mol. The number of aryl methyl sites for hydroxylation is 2. The number of anilines is 1. The molecule has 0 aliphatic rings. The van der Waals surface area contributed by atoms with E-state index in [-0.39, 0.29) is 10.8 Å². The number of thiophene rings is 1. The quantitative estimate of drug-likeness (QED) is 0.911. The Hall–Kier alpha value is -1.70. The van der Waals surface area contributed by atoms with Crippen molar-refractivity contribution in [1.29, 1.82) is 0 Å². The van der Waals surface area contributed by atoms with Gasteiger partial charge < -0.3 is 5.32 Å². The van der Waals surface area contributed by atoms with Gasteiger partial charge in [0, 0.05) is 11.1 Å². The molecule has 0 saturated carbocycles. The lowest BCUT2D eigenvalue weighted by Crippen LogP contribution is -2.16. The molecule has 20 heavy (non-hydrogen) atoms. The second kappa shape index (κ2) is 5.35. The van der Waals surface area contributed by atoms with Crippen LogP contribution in [0.25, 0.3) is 0 Å². The molecular weight excluding hydrogens is 296 g/mol. The Morgan fingerprint density at radius 3 is 2.45 bits per heavy atom. The third kappa shape index (κ3) is 3.06. The summed E-state index contributed by atoms with van der Waals surface area (Å²) >= 11 is 1.44. The third-order valence-electron chi connectivity index (χ3n) is 2.85. The Balaban J connectivity index is 2.32. The summed E-state index contributed by atoms with van der Waals surface area (Å²) in [5.41, 5.74) is 2.39. The highest BCUT2D eigenvalue weighted by atomic mass is 32.2. The van der Waals surface area contributed by atoms with E-state index in [0.29, 0.717) is 16.8 Å². The first-order valence-corrected chi connectivity index (χ1v) is 8.25. The van der Waals surface area contributed by atoms with Gasteiger partial charge in [-0.05, 0) is 42.5 Å². The maximum Gasteiger partial charge on any atom is 0.256 e. The standard InChI is InChI=1S/C13H14N2O3S2/c1-8-3-4-10(5-12(8)20(14,17)18)15-13(16)11-7-19-6-9(11)2/h3-7H,1-2H3,(H,15,16)(H2,14,17,18). The molecule has 0 atom stereocenters. The number of nitrogens with two attached hydrogens (primary N) is 1. The Morgan fingerprint density at radius 2 is 1.90 bits per heavy atom. The summed E-state index contributed by atoms with van der Waals surface area (Å²) in [6, 6.07) is 4.61. The molecule has 7 heteroatoms. The smallest absolute Gasteiger partial charge is 0.256 e. The number of rotatable bonds is 3. The van der Waals surface area contributed by atoms with Crippen LogP contribution in [-0.4, -0.2) is 14.3 Å². The van der Waals surface area contributed by atoms with Crippen LogP contribution in [0.1, 0.15) is 21.5 Å². The van der Waals surface area contributed by atoms with Gasteiger partial charge in [-0.1, -0.05) is 6.07 Å². The maximum atomic E-state index is 12.1. The van der Waals surface area contributed by atoms with Crippen molar-refractivity contribution in [2.45, 2.75) is 18.7 Å². The number of sulfonamides is 1. The first-order chi connectivity index (χ1) is 9.29. The molecule has 0 aliphatic heterocycles. The van der Waals surface area contributed by atoms with Crippen LogP contribution in [-0.2, 0) is 10.0 Å². The van der Waals surface area contributed by atoms with Crippen molar-refractivity contribution in [2.24, 2.45) is 5.14 Å². The van der Waals surface area contributed by atoms with E-state index in [0.717, 1.165) is 5.56 Å². The molecule has 2 rings (SSSR count). The molecule has 0 saturated heterocycles. The second-order valence-corrected chi connectivity index (χ2v) is 6.72. The minimum Gasteiger partial charge on any atom is -0.322 e. The largest absolute Gasteiger partial charge is 0.322 e. The van der Waals surface area contributed by atoms with E-state index in [1.807, 2.05) is 12.3 Å². The van der Waals surface area contributed by atoms with Crippen molar-refractivity contribution in [2.75, 3.05) is 5.32 Å². The van der Waals surface area contributed by atoms with E-state index in [4.69, 9.17) is 5.14 Å². The molecule has 1 aromatic carbocycles. The third-order valence-corrected chi connectivity index (χ3v) is 4.77. The molecule has 1 amide bonds. The average Bonchev–Trinajstić information content (AvgIpc) is 2.76. The SMILES string of the molecule is Cc1cscc1C(=O)Nc1ccc(C)c(S(N)(=O)=O)c1. The Morgan fingerprint density at radius 1 is 1.20 bits per heavy atom. The van der Waals surface area contributed by atoms with Crippen molar-refractivity contribution in [1.82, 2.24) is 0 Å². The number of carbonyl (C=O) groups is 1. The number of hydrogen-bond donors (Lipinski definition) is 2. The molecule has 0 fully saturated rings. The van der Waals surface area contributed by atoms with Crippen LogP contribution in [0, 0.1) is 13.8 Å². The van der Waals surface area contributed by atoms with Crippen LogP contribution in [0.3, 0.4) is 0 Å². The maximum absolute atomic E-state index is 12.1. The molecule has 0 bridgehead atoms. The number of nitrogens with one attached hydrogen (secondary N) is 1. The zero-order chi connectivity index (χ0) is 14.9. The molecule has 106 valence electrons. The van der Waals surface area contributed by atoms with Gasteiger partial charge in [0.1, 0.15) is 0 Å². The molecular formula is C13H14N2O3S2. The zero-order valence-electron chi connectivity index (χ0n) is 11.0. The average molecular weight is 310 g/mol. The normalized spacial score (nSPS) is 11.3. The number of benzene rings is 1. The van der Waals surface area contributed by atoms with Crippen LogP contribution in [0.4, 0.5) is 5.69 Å². The summed E-state index contributed by atoms with van der Waals surface area (Å²) in [6.07, 6.45) is 0. The van der Waals surface area contributed by atoms with Gasteiger partial charge in [0.25, 0.3) is 5.91 Å². The Bertz CT molecular complexity index is 764. The predicted molar refractivity (Wildman–Crippen MR) is 79.6 cm³/mol. The number of primary sulfonamides is 1. The fourth-order valence-corrected chi connectivity index (χ4v) is 3.41. The van der Waals surface area contributed by atoms with E-state index in [9.17, 15) is 13.2 Å². The van der Waals surface area contributed by atoms with Gasteiger partial charge in [-0.25, -0.2) is 13.6 Å². The second-order valence-electron chi connectivity index (χ2n) is 4.45. The lowest BCUT2D eigenvalue weighted by Gasteiger charge is -2.08. The lowest BCUT2D eigenvalue weighted by atomic mass is 10.2. The van der Waals surface area contributed by atoms with Crippen molar-refractivity contribution >= 4 is 33.0 Å². The topological polar surface area (TPSA) is 89.3 Å². The van der Waals surface area contributed by atoms with Gasteiger partial charge in [0.2, 0.25) is 10.0 Å². The minimum atomic E-state index is -3.80. The molecule has 3 N–H and O–H groups in total. The summed E-state index contributed by atoms with van der Waals surface area (Å²) < 4.78 is 22.9. The Labute approximate surface area is 121 Å². The minimum absolute atomic E-state index is 0.0114. The first kappa shape index (κ1) is 14.7. The first-order valence-electron chi connectivity index (χ1n) is 5.76. The number of hydrogen-bond acceptors (Lipinski definition) is 4. The molecule has 0 radical (unpaired) electrons. The van der Waals surface area contributed by atoms with Gasteiger partial charge in [-0.2, -0.15) is 11.3 Å². The zero-order valence-corrected chi connectivity index (χ0v) is 12.6. The summed E-state index contributed by atoms with van der Waals surface area (Å²) in [5.74, 6) is -0.270. The van der Waals surface area contributed by atoms with Gasteiger partial charge in [-0.3, -0.25) is 4.79 Å². The lowest BCUT2D eigenvalue weighted by molar-refractivity contribution is 0.102. The number of carbonyl (C=O) groups excluding carboxylic acids is 1. The van der Waals surface area contributed by atoms with Gasteiger partial charge in [0.05, 0.1) is 10.5 Å². The van der Waals surface area contributed by atoms with Crippen molar-refractivity contribution in [3.05, 3.63) is 45.6 Å². The van der Waals surface area contributed by atoms with E-state index in [1.165, 1.54) is 17.4 Å². The highest BCUT2D eigenvalue weighted by Crippen LogP contribution is 2.21. The fraction of sp³-hybridized carbons (Fsp3) is 0.154. The molecule has 1 aromatic heterocycles. The van der Waals surface area contributed by atoms with Crippen molar-refractivity contribution in [3.8, 4) is 0 Å². The van der Waals surface area contributed by atoms with Gasteiger partial charge >= 0.3 is 0 Å². The van der Waals surface area contributed by atoms with Gasteiger partial charge in [-0.15, -0.1) is 0 Å². The van der Waals surface area contributed by atoms with E-state index >= 15 is 0 Å². The highest BCUT2D eigenvalue weighted by molar-refractivity contribution is 7.89. The van der Waals surface area contributed by atoms with Crippen LogP contribution in [0.15, 0.2) is 33.9 Å². The van der Waals surface area contributed by atoms with E-state index in [2.05, 4.69) is 5.32 Å². The molecule has 0 aliphatic carbocycles. The molecule has 0 spiro atoms. The van der Waals surface area contributed by atoms with Crippen LogP contribution >= 0.6 is 11.3 Å². The molecule has 5 nitrogen and oxygen atoms in total. The van der Waals surface area contributed by atoms with Crippen molar-refractivity contribution < 1.29 is 13.2 Å². The van der Waals surface area contributed by atoms with Crippen LogP contribution in [0.5, 0.6) is 0 Å². The van der Waals surface area contributed by atoms with E-state index in [1.54, 1.807) is 24.4 Å². The van der Waals surface area contributed by atoms with Crippen LogP contribution in [0.2, 0.25) is 0 Å². The molecule has 2 aromatic rings.